The average Bonchev–Trinajstić information content (AvgIpc) is 3.05. The van der Waals surface area contributed by atoms with Crippen LogP contribution in [0.1, 0.15) is 40.0 Å². The largest absolute Gasteiger partial charge is 0.394 e. The van der Waals surface area contributed by atoms with Crippen LogP contribution >= 0.6 is 0 Å². The van der Waals surface area contributed by atoms with E-state index >= 15 is 0 Å². The minimum absolute atomic E-state index is 0.0488. The Bertz CT molecular complexity index is 277. The maximum atomic E-state index is 9.78. The van der Waals surface area contributed by atoms with E-state index in [1.165, 1.54) is 32.4 Å². The van der Waals surface area contributed by atoms with Crippen LogP contribution in [0.15, 0.2) is 0 Å². The molecule has 0 amide bonds. The molecule has 0 aromatic rings. The predicted molar refractivity (Wildman–Crippen MR) is 75.6 cm³/mol. The van der Waals surface area contributed by atoms with E-state index in [1.54, 1.807) is 0 Å². The van der Waals surface area contributed by atoms with E-state index in [1.807, 2.05) is 7.05 Å². The summed E-state index contributed by atoms with van der Waals surface area (Å²) in [5.41, 5.74) is 0.364. The summed E-state index contributed by atoms with van der Waals surface area (Å²) in [6, 6.07) is 0. The van der Waals surface area contributed by atoms with Crippen molar-refractivity contribution in [2.75, 3.05) is 33.3 Å². The molecule has 1 saturated heterocycles. The van der Waals surface area contributed by atoms with Crippen LogP contribution in [0.5, 0.6) is 0 Å². The summed E-state index contributed by atoms with van der Waals surface area (Å²) in [5, 5.41) is 13.2. The van der Waals surface area contributed by atoms with Gasteiger partial charge in [-0.3, -0.25) is 0 Å². The van der Waals surface area contributed by atoms with Crippen molar-refractivity contribution in [3.8, 4) is 0 Å². The normalized spacial score (nSPS) is 29.5. The van der Waals surface area contributed by atoms with E-state index in [0.29, 0.717) is 11.3 Å². The molecule has 1 saturated carbocycles. The summed E-state index contributed by atoms with van der Waals surface area (Å²) < 4.78 is 0. The molecule has 2 aliphatic rings. The van der Waals surface area contributed by atoms with Gasteiger partial charge in [0.05, 0.1) is 12.1 Å². The van der Waals surface area contributed by atoms with Crippen LogP contribution in [0.4, 0.5) is 0 Å². The molecular weight excluding hydrogens is 224 g/mol. The van der Waals surface area contributed by atoms with E-state index in [9.17, 15) is 5.11 Å². The average molecular weight is 254 g/mol. The van der Waals surface area contributed by atoms with Gasteiger partial charge in [-0.05, 0) is 50.1 Å². The first-order valence-electron chi connectivity index (χ1n) is 7.43. The first kappa shape index (κ1) is 14.3. The van der Waals surface area contributed by atoms with Crippen molar-refractivity contribution < 1.29 is 5.11 Å². The number of likely N-dealkylation sites (tertiary alicyclic amines) is 1. The molecule has 1 heterocycles. The van der Waals surface area contributed by atoms with Crippen LogP contribution in [0.25, 0.3) is 0 Å². The lowest BCUT2D eigenvalue weighted by atomic mass is 9.80. The molecule has 2 atom stereocenters. The van der Waals surface area contributed by atoms with Gasteiger partial charge in [-0.25, -0.2) is 0 Å². The van der Waals surface area contributed by atoms with Crippen molar-refractivity contribution in [3.63, 3.8) is 0 Å². The van der Waals surface area contributed by atoms with Gasteiger partial charge in [0.15, 0.2) is 0 Å². The fourth-order valence-electron chi connectivity index (χ4n) is 3.39. The summed E-state index contributed by atoms with van der Waals surface area (Å²) in [5.74, 6) is 1.48. The van der Waals surface area contributed by atoms with Crippen LogP contribution in [-0.2, 0) is 0 Å². The Morgan fingerprint density at radius 2 is 1.83 bits per heavy atom. The topological polar surface area (TPSA) is 35.5 Å². The van der Waals surface area contributed by atoms with Gasteiger partial charge < -0.3 is 15.3 Å². The fraction of sp³-hybridized carbons (Fsp3) is 1.00. The molecule has 2 fully saturated rings. The number of aliphatic hydroxyl groups is 1. The molecule has 2 rings (SSSR count). The molecule has 0 aromatic heterocycles. The Hall–Kier alpha value is -0.120. The Balaban J connectivity index is 1.93. The molecule has 0 radical (unpaired) electrons. The van der Waals surface area contributed by atoms with Gasteiger partial charge in [-0.2, -0.15) is 0 Å². The van der Waals surface area contributed by atoms with E-state index in [2.05, 4.69) is 31.0 Å². The molecule has 106 valence electrons. The number of likely N-dealkylation sites (N-methyl/N-ethyl adjacent to an activating group) is 1. The van der Waals surface area contributed by atoms with Gasteiger partial charge in [-0.1, -0.05) is 20.8 Å². The molecule has 18 heavy (non-hydrogen) atoms. The maximum Gasteiger partial charge on any atom is 0.0628 e. The van der Waals surface area contributed by atoms with E-state index in [0.717, 1.165) is 12.5 Å². The Kier molecular flexibility index (Phi) is 4.05. The molecule has 3 heteroatoms. The SMILES string of the molecule is CNC(CO)(CN1CCC(C(C)(C)C)C1)C1CC1. The smallest absolute Gasteiger partial charge is 0.0628 e. The van der Waals surface area contributed by atoms with Crippen molar-refractivity contribution in [1.82, 2.24) is 10.2 Å². The van der Waals surface area contributed by atoms with Crippen LogP contribution < -0.4 is 5.32 Å². The summed E-state index contributed by atoms with van der Waals surface area (Å²) in [4.78, 5) is 2.56. The van der Waals surface area contributed by atoms with Gasteiger partial charge >= 0.3 is 0 Å². The lowest BCUT2D eigenvalue weighted by Crippen LogP contribution is -2.56. The standard InChI is InChI=1S/C15H30N2O/c1-14(2,3)13-7-8-17(9-13)10-15(11-18,16-4)12-5-6-12/h12-13,16,18H,5-11H2,1-4H3. The van der Waals surface area contributed by atoms with Crippen LogP contribution in [-0.4, -0.2) is 48.8 Å². The highest BCUT2D eigenvalue weighted by molar-refractivity contribution is 5.03. The Morgan fingerprint density at radius 3 is 2.22 bits per heavy atom. The van der Waals surface area contributed by atoms with Crippen LogP contribution in [0, 0.1) is 17.3 Å². The molecule has 3 nitrogen and oxygen atoms in total. The van der Waals surface area contributed by atoms with Gasteiger partial charge in [-0.15, -0.1) is 0 Å². The zero-order valence-electron chi connectivity index (χ0n) is 12.5. The summed E-state index contributed by atoms with van der Waals surface area (Å²) in [6.07, 6.45) is 3.86. The lowest BCUT2D eigenvalue weighted by molar-refractivity contribution is 0.102. The molecule has 2 N–H and O–H groups in total. The van der Waals surface area contributed by atoms with Gasteiger partial charge in [0.25, 0.3) is 0 Å². The second-order valence-electron chi connectivity index (χ2n) is 7.43. The van der Waals surface area contributed by atoms with Gasteiger partial charge in [0.1, 0.15) is 0 Å². The van der Waals surface area contributed by atoms with Gasteiger partial charge in [0.2, 0.25) is 0 Å². The molecule has 2 unspecified atom stereocenters. The van der Waals surface area contributed by atoms with Crippen molar-refractivity contribution >= 4 is 0 Å². The molecule has 0 bridgehead atoms. The third kappa shape index (κ3) is 2.89. The third-order valence-electron chi connectivity index (χ3n) is 5.14. The highest BCUT2D eigenvalue weighted by atomic mass is 16.3. The quantitative estimate of drug-likeness (QED) is 0.784. The second kappa shape index (κ2) is 5.10. The number of nitrogens with zero attached hydrogens (tertiary/aromatic N) is 1. The minimum Gasteiger partial charge on any atom is -0.394 e. The minimum atomic E-state index is -0.0488. The van der Waals surface area contributed by atoms with Crippen molar-refractivity contribution in [3.05, 3.63) is 0 Å². The third-order valence-corrected chi connectivity index (χ3v) is 5.14. The Morgan fingerprint density at radius 1 is 1.17 bits per heavy atom. The van der Waals surface area contributed by atoms with E-state index < -0.39 is 0 Å². The number of nitrogens with one attached hydrogen (secondary N) is 1. The zero-order valence-corrected chi connectivity index (χ0v) is 12.5. The molecule has 1 aliphatic heterocycles. The Labute approximate surface area is 112 Å². The highest BCUT2D eigenvalue weighted by Crippen LogP contribution is 2.41. The van der Waals surface area contributed by atoms with Crippen molar-refractivity contribution in [2.45, 2.75) is 45.6 Å². The number of hydrogen-bond donors (Lipinski definition) is 2. The molecule has 0 aromatic carbocycles. The van der Waals surface area contributed by atoms with E-state index in [-0.39, 0.29) is 12.1 Å². The summed E-state index contributed by atoms with van der Waals surface area (Å²) in [7, 11) is 2.01. The molecule has 1 aliphatic carbocycles. The monoisotopic (exact) mass is 254 g/mol. The van der Waals surface area contributed by atoms with Crippen LogP contribution in [0.2, 0.25) is 0 Å². The molecule has 0 spiro atoms. The molecular formula is C15H30N2O. The fourth-order valence-corrected chi connectivity index (χ4v) is 3.39. The van der Waals surface area contributed by atoms with E-state index in [4.69, 9.17) is 0 Å². The first-order valence-corrected chi connectivity index (χ1v) is 7.43. The predicted octanol–water partition coefficient (Wildman–Crippen LogP) is 1.71. The van der Waals surface area contributed by atoms with Crippen molar-refractivity contribution in [2.24, 2.45) is 17.3 Å². The lowest BCUT2D eigenvalue weighted by Gasteiger charge is -2.36. The zero-order chi connectivity index (χ0) is 13.4. The summed E-state index contributed by atoms with van der Waals surface area (Å²) >= 11 is 0. The second-order valence-corrected chi connectivity index (χ2v) is 7.43. The number of rotatable bonds is 5. The first-order chi connectivity index (χ1) is 8.41. The highest BCUT2D eigenvalue weighted by Gasteiger charge is 2.46. The van der Waals surface area contributed by atoms with Crippen molar-refractivity contribution in [1.29, 1.82) is 0 Å². The number of aliphatic hydroxyl groups excluding tert-OH is 1. The van der Waals surface area contributed by atoms with Gasteiger partial charge in [0, 0.05) is 13.1 Å². The number of hydrogen-bond acceptors (Lipinski definition) is 3. The maximum absolute atomic E-state index is 9.78. The van der Waals surface area contributed by atoms with Crippen LogP contribution in [0.3, 0.4) is 0 Å². The summed E-state index contributed by atoms with van der Waals surface area (Å²) in [6.45, 7) is 10.7.